The van der Waals surface area contributed by atoms with Gasteiger partial charge in [-0.1, -0.05) is 57.9 Å². The van der Waals surface area contributed by atoms with Gasteiger partial charge in [-0.15, -0.1) is 0 Å². The van der Waals surface area contributed by atoms with E-state index in [0.717, 1.165) is 28.0 Å². The Hall–Kier alpha value is -0.830. The van der Waals surface area contributed by atoms with E-state index < -0.39 is 0 Å². The van der Waals surface area contributed by atoms with Crippen LogP contribution in [0.2, 0.25) is 5.02 Å². The highest BCUT2D eigenvalue weighted by molar-refractivity contribution is 9.10. The maximum Gasteiger partial charge on any atom is 0.0462 e. The molecule has 1 unspecified atom stereocenters. The van der Waals surface area contributed by atoms with E-state index in [2.05, 4.69) is 51.6 Å². The summed E-state index contributed by atoms with van der Waals surface area (Å²) in [6, 6.07) is 15.4. The Bertz CT molecular complexity index is 612. The van der Waals surface area contributed by atoms with Gasteiger partial charge in [0.05, 0.1) is 0 Å². The van der Waals surface area contributed by atoms with Crippen LogP contribution in [0.15, 0.2) is 46.9 Å². The molecule has 3 rings (SSSR count). The predicted molar refractivity (Wildman–Crippen MR) is 88.2 cm³/mol. The van der Waals surface area contributed by atoms with Gasteiger partial charge in [0.15, 0.2) is 0 Å². The van der Waals surface area contributed by atoms with Gasteiger partial charge in [-0.3, -0.25) is 0 Å². The highest BCUT2D eigenvalue weighted by atomic mass is 79.9. The Morgan fingerprint density at radius 3 is 2.75 bits per heavy atom. The zero-order chi connectivity index (χ0) is 13.9. The summed E-state index contributed by atoms with van der Waals surface area (Å²) in [7, 11) is 0. The maximum absolute atomic E-state index is 6.26. The molecule has 20 heavy (non-hydrogen) atoms. The molecule has 1 atom stereocenters. The van der Waals surface area contributed by atoms with Crippen molar-refractivity contribution in [3.05, 3.63) is 68.7 Å². The highest BCUT2D eigenvalue weighted by Gasteiger charge is 2.17. The standard InChI is InChI=1S/C17H17BrClN/c18-15-7-5-14(17(19)10-15)11-20-16-8-6-12-3-1-2-4-13(12)9-16/h1-5,7,10,16,20H,6,8-9,11H2. The van der Waals surface area contributed by atoms with Crippen LogP contribution in [0.4, 0.5) is 0 Å². The Morgan fingerprint density at radius 1 is 1.15 bits per heavy atom. The normalized spacial score (nSPS) is 17.8. The fraction of sp³-hybridized carbons (Fsp3) is 0.294. The van der Waals surface area contributed by atoms with Crippen LogP contribution in [0.3, 0.4) is 0 Å². The van der Waals surface area contributed by atoms with E-state index >= 15 is 0 Å². The van der Waals surface area contributed by atoms with Crippen LogP contribution in [0.5, 0.6) is 0 Å². The van der Waals surface area contributed by atoms with Crippen LogP contribution in [0.25, 0.3) is 0 Å². The first kappa shape index (κ1) is 14.1. The molecular formula is C17H17BrClN. The van der Waals surface area contributed by atoms with Gasteiger partial charge in [0.25, 0.3) is 0 Å². The Labute approximate surface area is 133 Å². The average molecular weight is 351 g/mol. The smallest absolute Gasteiger partial charge is 0.0462 e. The van der Waals surface area contributed by atoms with E-state index in [0.29, 0.717) is 6.04 Å². The Balaban J connectivity index is 1.63. The fourth-order valence-electron chi connectivity index (χ4n) is 2.79. The van der Waals surface area contributed by atoms with Gasteiger partial charge >= 0.3 is 0 Å². The van der Waals surface area contributed by atoms with E-state index in [1.54, 1.807) is 0 Å². The minimum absolute atomic E-state index is 0.546. The number of halogens is 2. The summed E-state index contributed by atoms with van der Waals surface area (Å²) >= 11 is 9.70. The number of hydrogen-bond donors (Lipinski definition) is 1. The predicted octanol–water partition coefficient (Wildman–Crippen LogP) is 4.75. The van der Waals surface area contributed by atoms with E-state index in [-0.39, 0.29) is 0 Å². The van der Waals surface area contributed by atoms with Crippen molar-refractivity contribution in [2.75, 3.05) is 0 Å². The Kier molecular flexibility index (Phi) is 4.45. The molecule has 2 aromatic carbocycles. The molecule has 0 aliphatic heterocycles. The molecule has 1 aliphatic carbocycles. The topological polar surface area (TPSA) is 12.0 Å². The summed E-state index contributed by atoms with van der Waals surface area (Å²) in [6.45, 7) is 0.832. The molecule has 0 bridgehead atoms. The molecule has 0 saturated heterocycles. The molecule has 0 saturated carbocycles. The summed E-state index contributed by atoms with van der Waals surface area (Å²) < 4.78 is 1.03. The first-order valence-electron chi connectivity index (χ1n) is 6.96. The van der Waals surface area contributed by atoms with Crippen LogP contribution in [0, 0.1) is 0 Å². The van der Waals surface area contributed by atoms with Gasteiger partial charge < -0.3 is 5.32 Å². The fourth-order valence-corrected chi connectivity index (χ4v) is 3.53. The molecule has 0 aromatic heterocycles. The molecule has 2 aromatic rings. The zero-order valence-corrected chi connectivity index (χ0v) is 13.5. The van der Waals surface area contributed by atoms with Crippen LogP contribution in [-0.4, -0.2) is 6.04 Å². The number of nitrogens with one attached hydrogen (secondary N) is 1. The van der Waals surface area contributed by atoms with Crippen molar-refractivity contribution in [2.24, 2.45) is 0 Å². The molecule has 0 heterocycles. The number of hydrogen-bond acceptors (Lipinski definition) is 1. The summed E-state index contributed by atoms with van der Waals surface area (Å²) in [5.41, 5.74) is 4.15. The zero-order valence-electron chi connectivity index (χ0n) is 11.2. The third-order valence-corrected chi connectivity index (χ3v) is 4.79. The van der Waals surface area contributed by atoms with E-state index in [1.165, 1.54) is 24.0 Å². The second-order valence-corrected chi connectivity index (χ2v) is 6.65. The van der Waals surface area contributed by atoms with Crippen molar-refractivity contribution < 1.29 is 0 Å². The number of aryl methyl sites for hydroxylation is 1. The van der Waals surface area contributed by atoms with E-state index in [4.69, 9.17) is 11.6 Å². The van der Waals surface area contributed by atoms with Gasteiger partial charge in [-0.2, -0.15) is 0 Å². The lowest BCUT2D eigenvalue weighted by Gasteiger charge is -2.25. The molecule has 0 amide bonds. The third-order valence-electron chi connectivity index (χ3n) is 3.94. The second-order valence-electron chi connectivity index (χ2n) is 5.33. The lowest BCUT2D eigenvalue weighted by molar-refractivity contribution is 0.457. The van der Waals surface area contributed by atoms with Gasteiger partial charge in [-0.05, 0) is 48.1 Å². The minimum Gasteiger partial charge on any atom is -0.310 e. The monoisotopic (exact) mass is 349 g/mol. The van der Waals surface area contributed by atoms with Crippen LogP contribution >= 0.6 is 27.5 Å². The molecule has 3 heteroatoms. The van der Waals surface area contributed by atoms with Crippen LogP contribution < -0.4 is 5.32 Å². The largest absolute Gasteiger partial charge is 0.310 e. The van der Waals surface area contributed by atoms with Gasteiger partial charge in [0, 0.05) is 22.1 Å². The summed E-state index contributed by atoms with van der Waals surface area (Å²) in [5, 5.41) is 4.46. The molecule has 0 spiro atoms. The van der Waals surface area contributed by atoms with Crippen molar-refractivity contribution in [1.29, 1.82) is 0 Å². The first-order chi connectivity index (χ1) is 9.72. The summed E-state index contributed by atoms with van der Waals surface area (Å²) in [4.78, 5) is 0. The van der Waals surface area contributed by atoms with Crippen molar-refractivity contribution >= 4 is 27.5 Å². The van der Waals surface area contributed by atoms with Crippen molar-refractivity contribution in [3.63, 3.8) is 0 Å². The lowest BCUT2D eigenvalue weighted by atomic mass is 9.88. The SMILES string of the molecule is Clc1cc(Br)ccc1CNC1CCc2ccccc2C1. The van der Waals surface area contributed by atoms with Gasteiger partial charge in [0.1, 0.15) is 0 Å². The minimum atomic E-state index is 0.546. The van der Waals surface area contributed by atoms with Gasteiger partial charge in [0.2, 0.25) is 0 Å². The maximum atomic E-state index is 6.26. The third kappa shape index (κ3) is 3.25. The first-order valence-corrected chi connectivity index (χ1v) is 8.13. The van der Waals surface area contributed by atoms with E-state index in [1.807, 2.05) is 12.1 Å². The van der Waals surface area contributed by atoms with Crippen LogP contribution in [0.1, 0.15) is 23.1 Å². The highest BCUT2D eigenvalue weighted by Crippen LogP contribution is 2.23. The van der Waals surface area contributed by atoms with Gasteiger partial charge in [-0.25, -0.2) is 0 Å². The molecule has 0 radical (unpaired) electrons. The molecule has 1 aliphatic rings. The second kappa shape index (κ2) is 6.30. The molecular weight excluding hydrogens is 334 g/mol. The molecule has 0 fully saturated rings. The van der Waals surface area contributed by atoms with E-state index in [9.17, 15) is 0 Å². The summed E-state index contributed by atoms with van der Waals surface area (Å²) in [5.74, 6) is 0. The van der Waals surface area contributed by atoms with Crippen molar-refractivity contribution in [2.45, 2.75) is 31.8 Å². The summed E-state index contributed by atoms with van der Waals surface area (Å²) in [6.07, 6.45) is 3.48. The number of fused-ring (bicyclic) bond motifs is 1. The van der Waals surface area contributed by atoms with Crippen molar-refractivity contribution in [1.82, 2.24) is 5.32 Å². The number of rotatable bonds is 3. The number of benzene rings is 2. The lowest BCUT2D eigenvalue weighted by Crippen LogP contribution is -2.34. The Morgan fingerprint density at radius 2 is 1.95 bits per heavy atom. The molecule has 1 nitrogen and oxygen atoms in total. The average Bonchev–Trinajstić information content (AvgIpc) is 2.46. The van der Waals surface area contributed by atoms with Crippen molar-refractivity contribution in [3.8, 4) is 0 Å². The van der Waals surface area contributed by atoms with Crippen LogP contribution in [-0.2, 0) is 19.4 Å². The molecule has 104 valence electrons. The quantitative estimate of drug-likeness (QED) is 0.842. The molecule has 1 N–H and O–H groups in total.